The van der Waals surface area contributed by atoms with Gasteiger partial charge in [0.15, 0.2) is 0 Å². The zero-order valence-corrected chi connectivity index (χ0v) is 14.0. The van der Waals surface area contributed by atoms with Gasteiger partial charge >= 0.3 is 0 Å². The standard InChI is InChI=1S/C19H37O/c1-4-6-8-10-11-12-13-14-16-18-19(20-3)17-15-9-7-5-2/h14,16,19H,1,4-13,15,17-18H2,2-3H3. The lowest BCUT2D eigenvalue weighted by atomic mass is 10.1. The van der Waals surface area contributed by atoms with Crippen molar-refractivity contribution in [2.75, 3.05) is 7.11 Å². The van der Waals surface area contributed by atoms with E-state index < -0.39 is 0 Å². The first-order valence-electron chi connectivity index (χ1n) is 8.82. The second-order valence-electron chi connectivity index (χ2n) is 5.82. The largest absolute Gasteiger partial charge is 0.381 e. The van der Waals surface area contributed by atoms with Crippen LogP contribution in [0.25, 0.3) is 0 Å². The van der Waals surface area contributed by atoms with E-state index in [0.717, 1.165) is 12.8 Å². The fraction of sp³-hybridized carbons (Fsp3) is 0.842. The maximum Gasteiger partial charge on any atom is 0.0605 e. The van der Waals surface area contributed by atoms with Crippen molar-refractivity contribution >= 4 is 0 Å². The van der Waals surface area contributed by atoms with Crippen LogP contribution in [0, 0.1) is 6.92 Å². The third kappa shape index (κ3) is 14.1. The van der Waals surface area contributed by atoms with Gasteiger partial charge < -0.3 is 4.74 Å². The highest BCUT2D eigenvalue weighted by Crippen LogP contribution is 2.12. The van der Waals surface area contributed by atoms with E-state index >= 15 is 0 Å². The summed E-state index contributed by atoms with van der Waals surface area (Å²) in [6.45, 7) is 6.14. The Morgan fingerprint density at radius 2 is 1.60 bits per heavy atom. The molecule has 0 spiro atoms. The van der Waals surface area contributed by atoms with Crippen molar-refractivity contribution in [1.29, 1.82) is 0 Å². The van der Waals surface area contributed by atoms with Gasteiger partial charge in [-0.25, -0.2) is 0 Å². The van der Waals surface area contributed by atoms with E-state index in [1.54, 1.807) is 0 Å². The number of hydrogen-bond acceptors (Lipinski definition) is 1. The minimum Gasteiger partial charge on any atom is -0.381 e. The summed E-state index contributed by atoms with van der Waals surface area (Å²) in [4.78, 5) is 0. The Morgan fingerprint density at radius 1 is 0.900 bits per heavy atom. The van der Waals surface area contributed by atoms with Gasteiger partial charge in [0.1, 0.15) is 0 Å². The van der Waals surface area contributed by atoms with E-state index in [0.29, 0.717) is 6.10 Å². The van der Waals surface area contributed by atoms with Gasteiger partial charge in [-0.05, 0) is 25.7 Å². The minimum absolute atomic E-state index is 0.431. The van der Waals surface area contributed by atoms with Crippen molar-refractivity contribution in [2.45, 2.75) is 96.5 Å². The molecular weight excluding hydrogens is 244 g/mol. The van der Waals surface area contributed by atoms with E-state index in [1.807, 2.05) is 7.11 Å². The smallest absolute Gasteiger partial charge is 0.0605 e. The Morgan fingerprint density at radius 3 is 2.30 bits per heavy atom. The Balaban J connectivity index is 3.40. The number of allylic oxidation sites excluding steroid dienone is 1. The van der Waals surface area contributed by atoms with Crippen LogP contribution in [-0.2, 0) is 4.74 Å². The molecule has 0 amide bonds. The molecule has 119 valence electrons. The Kier molecular flexibility index (Phi) is 16.5. The molecule has 0 saturated heterocycles. The third-order valence-corrected chi connectivity index (χ3v) is 3.90. The summed E-state index contributed by atoms with van der Waals surface area (Å²) in [5.74, 6) is 0. The number of ether oxygens (including phenoxy) is 1. The van der Waals surface area contributed by atoms with Crippen molar-refractivity contribution in [3.8, 4) is 0 Å². The lowest BCUT2D eigenvalue weighted by molar-refractivity contribution is 0.0952. The molecule has 1 radical (unpaired) electrons. The lowest BCUT2D eigenvalue weighted by Crippen LogP contribution is -2.08. The van der Waals surface area contributed by atoms with Gasteiger partial charge in [0, 0.05) is 7.11 Å². The van der Waals surface area contributed by atoms with Crippen molar-refractivity contribution in [1.82, 2.24) is 0 Å². The molecule has 0 heterocycles. The summed E-state index contributed by atoms with van der Waals surface area (Å²) < 4.78 is 5.55. The molecule has 0 aliphatic heterocycles. The predicted molar refractivity (Wildman–Crippen MR) is 91.0 cm³/mol. The fourth-order valence-corrected chi connectivity index (χ4v) is 2.47. The molecule has 1 heteroatoms. The summed E-state index contributed by atoms with van der Waals surface area (Å²) >= 11 is 0. The molecule has 1 unspecified atom stereocenters. The maximum absolute atomic E-state index is 5.55. The highest BCUT2D eigenvalue weighted by molar-refractivity contribution is 4.84. The average Bonchev–Trinajstić information content (AvgIpc) is 2.47. The van der Waals surface area contributed by atoms with Gasteiger partial charge in [0.05, 0.1) is 6.10 Å². The van der Waals surface area contributed by atoms with Crippen LogP contribution in [0.3, 0.4) is 0 Å². The quantitative estimate of drug-likeness (QED) is 0.246. The molecule has 0 N–H and O–H groups in total. The Hall–Kier alpha value is -0.300. The molecule has 0 rings (SSSR count). The van der Waals surface area contributed by atoms with Crippen molar-refractivity contribution in [3.05, 3.63) is 19.1 Å². The predicted octanol–water partition coefficient (Wildman–Crippen LogP) is 6.48. The Bertz CT molecular complexity index is 198. The minimum atomic E-state index is 0.431. The molecule has 0 aliphatic rings. The molecule has 0 fully saturated rings. The van der Waals surface area contributed by atoms with Crippen LogP contribution in [0.1, 0.15) is 90.4 Å². The van der Waals surface area contributed by atoms with Crippen LogP contribution in [0.5, 0.6) is 0 Å². The molecule has 0 aromatic heterocycles. The summed E-state index contributed by atoms with van der Waals surface area (Å²) in [6.07, 6.45) is 21.8. The number of hydrogen-bond donors (Lipinski definition) is 0. The molecule has 0 bridgehead atoms. The van der Waals surface area contributed by atoms with Gasteiger partial charge in [-0.15, -0.1) is 0 Å². The van der Waals surface area contributed by atoms with Crippen LogP contribution in [0.4, 0.5) is 0 Å². The SMILES string of the molecule is [CH2]CCCCCCCC=CCC(CCCCCC)OC. The van der Waals surface area contributed by atoms with Gasteiger partial charge in [0.25, 0.3) is 0 Å². The van der Waals surface area contributed by atoms with E-state index in [-0.39, 0.29) is 0 Å². The van der Waals surface area contributed by atoms with Crippen LogP contribution >= 0.6 is 0 Å². The first kappa shape index (κ1) is 19.7. The lowest BCUT2D eigenvalue weighted by Gasteiger charge is -2.12. The summed E-state index contributed by atoms with van der Waals surface area (Å²) in [6, 6.07) is 0. The van der Waals surface area contributed by atoms with E-state index in [1.165, 1.54) is 70.6 Å². The van der Waals surface area contributed by atoms with Crippen molar-refractivity contribution in [2.24, 2.45) is 0 Å². The molecule has 0 aromatic rings. The van der Waals surface area contributed by atoms with Gasteiger partial charge in [-0.2, -0.15) is 0 Å². The highest BCUT2D eigenvalue weighted by Gasteiger charge is 2.04. The monoisotopic (exact) mass is 281 g/mol. The van der Waals surface area contributed by atoms with Gasteiger partial charge in [0.2, 0.25) is 0 Å². The number of methoxy groups -OCH3 is 1. The number of rotatable bonds is 15. The molecule has 0 aromatic carbocycles. The normalized spacial score (nSPS) is 13.2. The zero-order valence-electron chi connectivity index (χ0n) is 14.0. The zero-order chi connectivity index (χ0) is 14.9. The third-order valence-electron chi connectivity index (χ3n) is 3.90. The van der Waals surface area contributed by atoms with Crippen molar-refractivity contribution in [3.63, 3.8) is 0 Å². The number of unbranched alkanes of at least 4 members (excludes halogenated alkanes) is 9. The summed E-state index contributed by atoms with van der Waals surface area (Å²) in [5.41, 5.74) is 0. The maximum atomic E-state index is 5.55. The summed E-state index contributed by atoms with van der Waals surface area (Å²) in [5, 5.41) is 0. The molecule has 0 saturated carbocycles. The van der Waals surface area contributed by atoms with Crippen LogP contribution in [0.15, 0.2) is 12.2 Å². The second-order valence-corrected chi connectivity index (χ2v) is 5.82. The first-order valence-corrected chi connectivity index (χ1v) is 8.82. The summed E-state index contributed by atoms with van der Waals surface area (Å²) in [7, 11) is 1.85. The fourth-order valence-electron chi connectivity index (χ4n) is 2.47. The van der Waals surface area contributed by atoms with Crippen LogP contribution in [0.2, 0.25) is 0 Å². The van der Waals surface area contributed by atoms with Gasteiger partial charge in [-0.1, -0.05) is 83.8 Å². The first-order chi connectivity index (χ1) is 9.85. The van der Waals surface area contributed by atoms with E-state index in [4.69, 9.17) is 4.74 Å². The Labute approximate surface area is 128 Å². The van der Waals surface area contributed by atoms with Crippen LogP contribution < -0.4 is 0 Å². The molecule has 1 nitrogen and oxygen atoms in total. The van der Waals surface area contributed by atoms with E-state index in [9.17, 15) is 0 Å². The molecular formula is C19H37O. The molecule has 20 heavy (non-hydrogen) atoms. The average molecular weight is 282 g/mol. The van der Waals surface area contributed by atoms with Crippen molar-refractivity contribution < 1.29 is 4.74 Å². The topological polar surface area (TPSA) is 9.23 Å². The second kappa shape index (κ2) is 16.8. The molecule has 1 atom stereocenters. The highest BCUT2D eigenvalue weighted by atomic mass is 16.5. The van der Waals surface area contributed by atoms with Crippen LogP contribution in [-0.4, -0.2) is 13.2 Å². The van der Waals surface area contributed by atoms with E-state index in [2.05, 4.69) is 26.0 Å². The molecule has 0 aliphatic carbocycles. The van der Waals surface area contributed by atoms with Gasteiger partial charge in [-0.3, -0.25) is 0 Å².